The van der Waals surface area contributed by atoms with Gasteiger partial charge in [0.05, 0.1) is 23.9 Å². The highest BCUT2D eigenvalue weighted by Crippen LogP contribution is 2.35. The second-order valence-corrected chi connectivity index (χ2v) is 4.88. The highest BCUT2D eigenvalue weighted by molar-refractivity contribution is 5.95. The number of methoxy groups -OCH3 is 1. The summed E-state index contributed by atoms with van der Waals surface area (Å²) in [4.78, 5) is 11.8. The van der Waals surface area contributed by atoms with Crippen LogP contribution in [0, 0.1) is 24.1 Å². The Kier molecular flexibility index (Phi) is 4.25. The summed E-state index contributed by atoms with van der Waals surface area (Å²) in [6, 6.07) is 3.20. The van der Waals surface area contributed by atoms with Crippen molar-refractivity contribution in [3.05, 3.63) is 46.5 Å². The number of alkyl halides is 3. The minimum atomic E-state index is -4.79. The van der Waals surface area contributed by atoms with Crippen molar-refractivity contribution in [1.29, 1.82) is 5.26 Å². The first kappa shape index (κ1) is 17.3. The first-order chi connectivity index (χ1) is 11.1. The smallest absolute Gasteiger partial charge is 0.416 e. The molecule has 0 aliphatic carbocycles. The van der Waals surface area contributed by atoms with E-state index in [0.717, 1.165) is 30.9 Å². The number of aromatic nitrogens is 1. The molecular weight excluding hydrogens is 330 g/mol. The first-order valence-electron chi connectivity index (χ1n) is 6.48. The Morgan fingerprint density at radius 1 is 1.38 bits per heavy atom. The molecule has 9 heteroatoms. The summed E-state index contributed by atoms with van der Waals surface area (Å²) >= 11 is 0. The van der Waals surface area contributed by atoms with E-state index < -0.39 is 29.1 Å². The van der Waals surface area contributed by atoms with E-state index in [4.69, 9.17) is 11.0 Å². The van der Waals surface area contributed by atoms with Crippen LogP contribution in [0.25, 0.3) is 5.69 Å². The lowest BCUT2D eigenvalue weighted by molar-refractivity contribution is -0.138. The third-order valence-corrected chi connectivity index (χ3v) is 3.46. The van der Waals surface area contributed by atoms with Crippen LogP contribution in [-0.2, 0) is 10.9 Å². The number of rotatable bonds is 2. The van der Waals surface area contributed by atoms with Crippen molar-refractivity contribution in [2.45, 2.75) is 13.1 Å². The number of esters is 1. The van der Waals surface area contributed by atoms with Crippen molar-refractivity contribution in [2.75, 3.05) is 12.8 Å². The average molecular weight is 341 g/mol. The number of nitriles is 1. The lowest BCUT2D eigenvalue weighted by Gasteiger charge is -2.15. The molecule has 0 aliphatic rings. The first-order valence-corrected chi connectivity index (χ1v) is 6.48. The van der Waals surface area contributed by atoms with Crippen molar-refractivity contribution < 1.29 is 27.1 Å². The zero-order valence-electron chi connectivity index (χ0n) is 12.5. The zero-order chi connectivity index (χ0) is 18.2. The molecule has 0 radical (unpaired) electrons. The van der Waals surface area contributed by atoms with Gasteiger partial charge >= 0.3 is 12.1 Å². The van der Waals surface area contributed by atoms with Crippen molar-refractivity contribution >= 4 is 11.7 Å². The van der Waals surface area contributed by atoms with E-state index in [1.807, 2.05) is 0 Å². The number of nitrogen functional groups attached to an aromatic ring is 1. The van der Waals surface area contributed by atoms with Gasteiger partial charge in [-0.1, -0.05) is 0 Å². The van der Waals surface area contributed by atoms with Gasteiger partial charge in [0.15, 0.2) is 5.69 Å². The molecule has 2 aromatic rings. The number of ether oxygens (including phenoxy) is 1. The quantitative estimate of drug-likeness (QED) is 0.672. The minimum absolute atomic E-state index is 0.148. The molecule has 0 bridgehead atoms. The molecule has 0 unspecified atom stereocenters. The summed E-state index contributed by atoms with van der Waals surface area (Å²) in [6.45, 7) is 0.994. The molecule has 0 saturated heterocycles. The maximum Gasteiger partial charge on any atom is 0.416 e. The fourth-order valence-electron chi connectivity index (χ4n) is 2.22. The fourth-order valence-corrected chi connectivity index (χ4v) is 2.22. The van der Waals surface area contributed by atoms with E-state index in [-0.39, 0.29) is 22.6 Å². The van der Waals surface area contributed by atoms with E-state index in [2.05, 4.69) is 4.74 Å². The van der Waals surface area contributed by atoms with Crippen molar-refractivity contribution in [3.8, 4) is 11.8 Å². The van der Waals surface area contributed by atoms with Crippen LogP contribution in [0.4, 0.5) is 23.2 Å². The summed E-state index contributed by atoms with van der Waals surface area (Å²) in [5.41, 5.74) is 2.81. The number of anilines is 1. The van der Waals surface area contributed by atoms with Crippen LogP contribution in [0.3, 0.4) is 0 Å². The molecule has 5 nitrogen and oxygen atoms in total. The minimum Gasteiger partial charge on any atom is -0.464 e. The van der Waals surface area contributed by atoms with E-state index in [1.54, 1.807) is 6.07 Å². The maximum absolute atomic E-state index is 13.9. The topological polar surface area (TPSA) is 81.0 Å². The molecule has 2 rings (SSSR count). The zero-order valence-corrected chi connectivity index (χ0v) is 12.5. The molecule has 0 fully saturated rings. The Bertz CT molecular complexity index is 863. The summed E-state index contributed by atoms with van der Waals surface area (Å²) in [6.07, 6.45) is -3.74. The second kappa shape index (κ2) is 5.88. The molecule has 24 heavy (non-hydrogen) atoms. The van der Waals surface area contributed by atoms with Gasteiger partial charge in [0.2, 0.25) is 0 Å². The Morgan fingerprint density at radius 3 is 2.50 bits per heavy atom. The Morgan fingerprint density at radius 2 is 2.00 bits per heavy atom. The number of nitrogens with two attached hydrogens (primary N) is 1. The predicted octanol–water partition coefficient (Wildman–Crippen LogP) is 3.18. The van der Waals surface area contributed by atoms with Gasteiger partial charge < -0.3 is 15.0 Å². The van der Waals surface area contributed by atoms with Gasteiger partial charge in [-0.05, 0) is 24.6 Å². The van der Waals surface area contributed by atoms with Gasteiger partial charge in [0.1, 0.15) is 11.9 Å². The van der Waals surface area contributed by atoms with Crippen LogP contribution < -0.4 is 5.73 Å². The van der Waals surface area contributed by atoms with Crippen LogP contribution in [-0.4, -0.2) is 17.6 Å². The Labute approximate surface area is 133 Å². The molecule has 0 spiro atoms. The van der Waals surface area contributed by atoms with E-state index in [9.17, 15) is 22.4 Å². The van der Waals surface area contributed by atoms with Crippen LogP contribution >= 0.6 is 0 Å². The highest BCUT2D eigenvalue weighted by atomic mass is 19.4. The molecule has 126 valence electrons. The molecule has 0 amide bonds. The SMILES string of the molecule is COC(=O)c1c(N)c(C#N)cn1-c1cc(F)c(C)c(C(F)(F)F)c1. The van der Waals surface area contributed by atoms with Crippen molar-refractivity contribution in [1.82, 2.24) is 4.57 Å². The predicted molar refractivity (Wildman–Crippen MR) is 75.9 cm³/mol. The number of hydrogen-bond donors (Lipinski definition) is 1. The summed E-state index contributed by atoms with van der Waals surface area (Å²) in [7, 11) is 1.04. The summed E-state index contributed by atoms with van der Waals surface area (Å²) < 4.78 is 58.5. The number of nitrogens with zero attached hydrogens (tertiary/aromatic N) is 2. The third kappa shape index (κ3) is 2.78. The van der Waals surface area contributed by atoms with Crippen LogP contribution in [0.15, 0.2) is 18.3 Å². The fraction of sp³-hybridized carbons (Fsp3) is 0.200. The van der Waals surface area contributed by atoms with Crippen LogP contribution in [0.2, 0.25) is 0 Å². The third-order valence-electron chi connectivity index (χ3n) is 3.46. The van der Waals surface area contributed by atoms with E-state index in [0.29, 0.717) is 6.07 Å². The van der Waals surface area contributed by atoms with E-state index in [1.165, 1.54) is 0 Å². The van der Waals surface area contributed by atoms with E-state index >= 15 is 0 Å². The highest BCUT2D eigenvalue weighted by Gasteiger charge is 2.34. The monoisotopic (exact) mass is 341 g/mol. The number of carbonyl (C=O) groups excluding carboxylic acids is 1. The molecule has 0 atom stereocenters. The molecule has 2 N–H and O–H groups in total. The summed E-state index contributed by atoms with van der Waals surface area (Å²) in [5.74, 6) is -2.08. The largest absolute Gasteiger partial charge is 0.464 e. The normalized spacial score (nSPS) is 11.2. The molecule has 1 aromatic heterocycles. The van der Waals surface area contributed by atoms with Gasteiger partial charge in [0, 0.05) is 11.9 Å². The van der Waals surface area contributed by atoms with Gasteiger partial charge in [-0.25, -0.2) is 9.18 Å². The molecule has 1 heterocycles. The van der Waals surface area contributed by atoms with Crippen molar-refractivity contribution in [3.63, 3.8) is 0 Å². The standard InChI is InChI=1S/C15H11F4N3O2/c1-7-10(15(17,18)19)3-9(4-11(7)16)22-6-8(5-20)12(21)13(22)14(23)24-2/h3-4,6H,21H2,1-2H3. The molecule has 1 aromatic carbocycles. The number of hydrogen-bond acceptors (Lipinski definition) is 4. The van der Waals surface area contributed by atoms with Gasteiger partial charge in [0.25, 0.3) is 0 Å². The summed E-state index contributed by atoms with van der Waals surface area (Å²) in [5, 5.41) is 8.99. The lowest BCUT2D eigenvalue weighted by atomic mass is 10.1. The second-order valence-electron chi connectivity index (χ2n) is 4.88. The number of carbonyl (C=O) groups is 1. The van der Waals surface area contributed by atoms with Gasteiger partial charge in [-0.2, -0.15) is 18.4 Å². The lowest BCUT2D eigenvalue weighted by Crippen LogP contribution is -2.14. The molecule has 0 aliphatic heterocycles. The Balaban J connectivity index is 2.81. The van der Waals surface area contributed by atoms with Gasteiger partial charge in [-0.3, -0.25) is 0 Å². The number of benzene rings is 1. The van der Waals surface area contributed by atoms with Crippen LogP contribution in [0.5, 0.6) is 0 Å². The van der Waals surface area contributed by atoms with Gasteiger partial charge in [-0.15, -0.1) is 0 Å². The number of halogens is 4. The van der Waals surface area contributed by atoms with Crippen molar-refractivity contribution in [2.24, 2.45) is 0 Å². The van der Waals surface area contributed by atoms with Crippen LogP contribution in [0.1, 0.15) is 27.2 Å². The Hall–Kier alpha value is -3.02. The maximum atomic E-state index is 13.9. The molecular formula is C15H11F4N3O2. The molecule has 0 saturated carbocycles. The average Bonchev–Trinajstić information content (AvgIpc) is 2.84.